The van der Waals surface area contributed by atoms with E-state index in [-0.39, 0.29) is 0 Å². The van der Waals surface area contributed by atoms with E-state index in [1.807, 2.05) is 20.1 Å². The van der Waals surface area contributed by atoms with E-state index in [9.17, 15) is 0 Å². The third-order valence-electron chi connectivity index (χ3n) is 3.11. The summed E-state index contributed by atoms with van der Waals surface area (Å²) in [7, 11) is 0. The number of aliphatic imine (C=N–C) groups is 1. The van der Waals surface area contributed by atoms with E-state index in [1.54, 1.807) is 0 Å². The Morgan fingerprint density at radius 2 is 1.81 bits per heavy atom. The molecule has 0 spiro atoms. The average molecular weight is 281 g/mol. The molecule has 1 atom stereocenters. The highest BCUT2D eigenvalue weighted by Crippen LogP contribution is 2.15. The number of rotatable bonds is 4. The van der Waals surface area contributed by atoms with Crippen molar-refractivity contribution in [2.75, 3.05) is 0 Å². The van der Waals surface area contributed by atoms with Gasteiger partial charge in [-0.05, 0) is 35.6 Å². The largest absolute Gasteiger partial charge is 0.256 e. The molecule has 0 bridgehead atoms. The lowest BCUT2D eigenvalue weighted by molar-refractivity contribution is 0.922. The smallest absolute Gasteiger partial charge is 0.0630 e. The van der Waals surface area contributed by atoms with Crippen molar-refractivity contribution in [3.05, 3.63) is 65.8 Å². The van der Waals surface area contributed by atoms with Crippen molar-refractivity contribution in [1.29, 1.82) is 0 Å². The van der Waals surface area contributed by atoms with Crippen molar-refractivity contribution in [2.24, 2.45) is 10.9 Å². The summed E-state index contributed by atoms with van der Waals surface area (Å²) in [4.78, 5) is 4.53. The molecule has 0 heterocycles. The molecule has 112 valence electrons. The van der Waals surface area contributed by atoms with Gasteiger partial charge in [0.2, 0.25) is 0 Å². The molecule has 0 N–H and O–H groups in total. The fraction of sp³-hybridized carbons (Fsp3) is 0.350. The van der Waals surface area contributed by atoms with Crippen LogP contribution in [0.3, 0.4) is 0 Å². The Morgan fingerprint density at radius 1 is 1.10 bits per heavy atom. The van der Waals surface area contributed by atoms with Crippen LogP contribution in [0.25, 0.3) is 0 Å². The SMILES string of the molecule is CC.CCCc1ccc(N=CC2=CC(C)C=CC=C2)cc1. The van der Waals surface area contributed by atoms with E-state index < -0.39 is 0 Å². The predicted molar refractivity (Wildman–Crippen MR) is 95.5 cm³/mol. The molecule has 0 amide bonds. The Morgan fingerprint density at radius 3 is 2.48 bits per heavy atom. The van der Waals surface area contributed by atoms with Crippen LogP contribution in [-0.2, 0) is 6.42 Å². The summed E-state index contributed by atoms with van der Waals surface area (Å²) in [5.74, 6) is 0.461. The molecule has 1 aromatic rings. The summed E-state index contributed by atoms with van der Waals surface area (Å²) in [6, 6.07) is 8.50. The fourth-order valence-corrected chi connectivity index (χ4v) is 2.09. The maximum Gasteiger partial charge on any atom is 0.0630 e. The summed E-state index contributed by atoms with van der Waals surface area (Å²) >= 11 is 0. The van der Waals surface area contributed by atoms with Crippen molar-refractivity contribution in [3.8, 4) is 0 Å². The number of benzene rings is 1. The molecule has 1 unspecified atom stereocenters. The van der Waals surface area contributed by atoms with Crippen LogP contribution < -0.4 is 0 Å². The van der Waals surface area contributed by atoms with Crippen LogP contribution in [0.5, 0.6) is 0 Å². The predicted octanol–water partition coefficient (Wildman–Crippen LogP) is 6.06. The monoisotopic (exact) mass is 281 g/mol. The molecule has 21 heavy (non-hydrogen) atoms. The number of nitrogens with zero attached hydrogens (tertiary/aromatic N) is 1. The zero-order valence-corrected chi connectivity index (χ0v) is 13.7. The Balaban J connectivity index is 0.00000106. The second-order valence-corrected chi connectivity index (χ2v) is 4.94. The third-order valence-corrected chi connectivity index (χ3v) is 3.11. The van der Waals surface area contributed by atoms with Crippen LogP contribution in [0.4, 0.5) is 5.69 Å². The van der Waals surface area contributed by atoms with E-state index in [0.717, 1.165) is 17.7 Å². The quantitative estimate of drug-likeness (QED) is 0.595. The van der Waals surface area contributed by atoms with Gasteiger partial charge in [-0.2, -0.15) is 0 Å². The van der Waals surface area contributed by atoms with Gasteiger partial charge in [0, 0.05) is 6.21 Å². The second-order valence-electron chi connectivity index (χ2n) is 4.94. The Bertz CT molecular complexity index is 515. The van der Waals surface area contributed by atoms with Gasteiger partial charge in [0.25, 0.3) is 0 Å². The summed E-state index contributed by atoms with van der Waals surface area (Å²) < 4.78 is 0. The summed E-state index contributed by atoms with van der Waals surface area (Å²) in [5.41, 5.74) is 3.56. The van der Waals surface area contributed by atoms with Crippen LogP contribution in [0.2, 0.25) is 0 Å². The second kappa shape index (κ2) is 9.93. The lowest BCUT2D eigenvalue weighted by Gasteiger charge is -2.00. The molecular formula is C20H27N. The van der Waals surface area contributed by atoms with Gasteiger partial charge in [0.05, 0.1) is 5.69 Å². The first kappa shape index (κ1) is 17.2. The van der Waals surface area contributed by atoms with Gasteiger partial charge in [0.15, 0.2) is 0 Å². The lowest BCUT2D eigenvalue weighted by atomic mass is 10.1. The number of hydrogen-bond donors (Lipinski definition) is 0. The minimum Gasteiger partial charge on any atom is -0.256 e. The van der Waals surface area contributed by atoms with Gasteiger partial charge in [-0.15, -0.1) is 0 Å². The standard InChI is InChI=1S/C18H21N.C2H6/c1-3-6-16-9-11-18(12-10-16)19-14-17-8-5-4-7-15(2)13-17;1-2/h4-5,7-15H,3,6H2,1-2H3;1-2H3. The summed E-state index contributed by atoms with van der Waals surface area (Å²) in [6.07, 6.45) is 14.9. The summed E-state index contributed by atoms with van der Waals surface area (Å²) in [5, 5.41) is 0. The van der Waals surface area contributed by atoms with Gasteiger partial charge >= 0.3 is 0 Å². The van der Waals surface area contributed by atoms with E-state index in [1.165, 1.54) is 12.0 Å². The highest BCUT2D eigenvalue weighted by Gasteiger charge is 1.97. The molecule has 2 rings (SSSR count). The molecule has 1 nitrogen and oxygen atoms in total. The van der Waals surface area contributed by atoms with E-state index >= 15 is 0 Å². The van der Waals surface area contributed by atoms with Gasteiger partial charge in [0.1, 0.15) is 0 Å². The molecule has 1 aromatic carbocycles. The van der Waals surface area contributed by atoms with E-state index in [0.29, 0.717) is 5.92 Å². The Labute approximate surface area is 129 Å². The van der Waals surface area contributed by atoms with Crippen molar-refractivity contribution < 1.29 is 0 Å². The molecular weight excluding hydrogens is 254 g/mol. The van der Waals surface area contributed by atoms with E-state index in [4.69, 9.17) is 0 Å². The highest BCUT2D eigenvalue weighted by molar-refractivity contribution is 5.84. The fourth-order valence-electron chi connectivity index (χ4n) is 2.09. The minimum absolute atomic E-state index is 0.461. The molecule has 1 aliphatic carbocycles. The van der Waals surface area contributed by atoms with Crippen LogP contribution in [0.1, 0.15) is 39.7 Å². The molecule has 0 saturated heterocycles. The maximum absolute atomic E-state index is 4.53. The Kier molecular flexibility index (Phi) is 8.11. The number of aryl methyl sites for hydroxylation is 1. The van der Waals surface area contributed by atoms with Crippen LogP contribution >= 0.6 is 0 Å². The van der Waals surface area contributed by atoms with Crippen molar-refractivity contribution >= 4 is 11.9 Å². The first-order valence-corrected chi connectivity index (χ1v) is 7.97. The van der Waals surface area contributed by atoms with Crippen LogP contribution in [0, 0.1) is 5.92 Å². The number of allylic oxidation sites excluding steroid dienone is 6. The normalized spacial score (nSPS) is 17.1. The highest BCUT2D eigenvalue weighted by atomic mass is 14.7. The summed E-state index contributed by atoms with van der Waals surface area (Å²) in [6.45, 7) is 8.38. The Hall–Kier alpha value is -1.89. The van der Waals surface area contributed by atoms with E-state index in [2.05, 4.69) is 73.5 Å². The first-order chi connectivity index (χ1) is 10.3. The molecule has 0 saturated carbocycles. The lowest BCUT2D eigenvalue weighted by Crippen LogP contribution is -1.86. The molecule has 0 aromatic heterocycles. The molecule has 0 radical (unpaired) electrons. The minimum atomic E-state index is 0.461. The van der Waals surface area contributed by atoms with Crippen LogP contribution in [-0.4, -0.2) is 6.21 Å². The van der Waals surface area contributed by atoms with Gasteiger partial charge in [-0.25, -0.2) is 0 Å². The maximum atomic E-state index is 4.53. The van der Waals surface area contributed by atoms with Gasteiger partial charge in [-0.3, -0.25) is 4.99 Å². The molecule has 0 fully saturated rings. The third kappa shape index (κ3) is 6.40. The van der Waals surface area contributed by atoms with Crippen molar-refractivity contribution in [2.45, 2.75) is 40.5 Å². The zero-order valence-electron chi connectivity index (χ0n) is 13.7. The molecule has 1 heteroatoms. The van der Waals surface area contributed by atoms with Crippen molar-refractivity contribution in [1.82, 2.24) is 0 Å². The first-order valence-electron chi connectivity index (χ1n) is 7.97. The van der Waals surface area contributed by atoms with Crippen LogP contribution in [0.15, 0.2) is 65.2 Å². The van der Waals surface area contributed by atoms with Gasteiger partial charge in [-0.1, -0.05) is 76.6 Å². The average Bonchev–Trinajstić information content (AvgIpc) is 2.73. The zero-order chi connectivity index (χ0) is 15.5. The molecule has 1 aliphatic rings. The van der Waals surface area contributed by atoms with Gasteiger partial charge < -0.3 is 0 Å². The molecule has 0 aliphatic heterocycles. The number of hydrogen-bond acceptors (Lipinski definition) is 1. The van der Waals surface area contributed by atoms with Crippen molar-refractivity contribution in [3.63, 3.8) is 0 Å². The topological polar surface area (TPSA) is 12.4 Å².